The molecule has 1 aromatic rings. The van der Waals surface area contributed by atoms with E-state index in [0.717, 1.165) is 31.4 Å². The monoisotopic (exact) mass is 321 g/mol. The van der Waals surface area contributed by atoms with Crippen molar-refractivity contribution < 1.29 is 27.0 Å². The van der Waals surface area contributed by atoms with Gasteiger partial charge in [0.05, 0.1) is 17.8 Å². The molecule has 0 unspecified atom stereocenters. The SMILES string of the molecule is COC1(CNS(=O)(=O)c2ccc(F)c(CO)c2F)CCC1. The van der Waals surface area contributed by atoms with Crippen molar-refractivity contribution in [2.75, 3.05) is 13.7 Å². The van der Waals surface area contributed by atoms with Crippen LogP contribution in [-0.2, 0) is 21.4 Å². The van der Waals surface area contributed by atoms with Gasteiger partial charge < -0.3 is 9.84 Å². The quantitative estimate of drug-likeness (QED) is 0.828. The smallest absolute Gasteiger partial charge is 0.243 e. The van der Waals surface area contributed by atoms with E-state index in [9.17, 15) is 17.2 Å². The lowest BCUT2D eigenvalue weighted by Gasteiger charge is -2.40. The van der Waals surface area contributed by atoms with Gasteiger partial charge in [-0.05, 0) is 31.4 Å². The highest BCUT2D eigenvalue weighted by Gasteiger charge is 2.38. The molecule has 1 saturated carbocycles. The Balaban J connectivity index is 2.24. The first kappa shape index (κ1) is 16.3. The van der Waals surface area contributed by atoms with Crippen molar-refractivity contribution in [1.29, 1.82) is 0 Å². The normalized spacial score (nSPS) is 17.5. The maximum absolute atomic E-state index is 14.0. The van der Waals surface area contributed by atoms with Crippen molar-refractivity contribution >= 4 is 10.0 Å². The van der Waals surface area contributed by atoms with Gasteiger partial charge in [0, 0.05) is 13.7 Å². The Hall–Kier alpha value is -1.09. The van der Waals surface area contributed by atoms with Crippen LogP contribution in [0, 0.1) is 11.6 Å². The van der Waals surface area contributed by atoms with Crippen molar-refractivity contribution in [2.24, 2.45) is 0 Å². The van der Waals surface area contributed by atoms with Crippen LogP contribution < -0.4 is 4.72 Å². The number of hydrogen-bond acceptors (Lipinski definition) is 4. The topological polar surface area (TPSA) is 75.6 Å². The van der Waals surface area contributed by atoms with Crippen molar-refractivity contribution in [3.63, 3.8) is 0 Å². The fourth-order valence-electron chi connectivity index (χ4n) is 2.26. The zero-order valence-corrected chi connectivity index (χ0v) is 12.3. The van der Waals surface area contributed by atoms with E-state index in [1.807, 2.05) is 0 Å². The van der Waals surface area contributed by atoms with Crippen LogP contribution in [0.3, 0.4) is 0 Å². The summed E-state index contributed by atoms with van der Waals surface area (Å²) in [5.41, 5.74) is -1.22. The Morgan fingerprint density at radius 1 is 1.38 bits per heavy atom. The third kappa shape index (κ3) is 3.08. The second-order valence-corrected chi connectivity index (χ2v) is 6.80. The molecule has 0 aliphatic heterocycles. The van der Waals surface area contributed by atoms with Crippen molar-refractivity contribution in [2.45, 2.75) is 36.4 Å². The molecule has 1 aromatic carbocycles. The average Bonchev–Trinajstić information content (AvgIpc) is 2.38. The molecule has 0 bridgehead atoms. The number of aliphatic hydroxyl groups excluding tert-OH is 1. The highest BCUT2D eigenvalue weighted by Crippen LogP contribution is 2.34. The van der Waals surface area contributed by atoms with Crippen molar-refractivity contribution in [3.8, 4) is 0 Å². The maximum Gasteiger partial charge on any atom is 0.243 e. The number of rotatable bonds is 6. The molecular weight excluding hydrogens is 304 g/mol. The fourth-order valence-corrected chi connectivity index (χ4v) is 3.47. The van der Waals surface area contributed by atoms with E-state index in [-0.39, 0.29) is 6.54 Å². The third-order valence-corrected chi connectivity index (χ3v) is 5.30. The summed E-state index contributed by atoms with van der Waals surface area (Å²) in [6.45, 7) is -0.889. The van der Waals surface area contributed by atoms with E-state index in [1.165, 1.54) is 7.11 Å². The molecule has 8 heteroatoms. The molecule has 2 N–H and O–H groups in total. The number of benzene rings is 1. The molecular formula is C13H17F2NO4S. The van der Waals surface area contributed by atoms with Crippen molar-refractivity contribution in [3.05, 3.63) is 29.3 Å². The summed E-state index contributed by atoms with van der Waals surface area (Å²) in [5.74, 6) is -2.26. The van der Waals surface area contributed by atoms with Gasteiger partial charge in [-0.3, -0.25) is 0 Å². The molecule has 0 atom stereocenters. The molecule has 1 aliphatic carbocycles. The number of halogens is 2. The number of aliphatic hydroxyl groups is 1. The number of ether oxygens (including phenoxy) is 1. The van der Waals surface area contributed by atoms with Gasteiger partial charge in [0.2, 0.25) is 10.0 Å². The average molecular weight is 321 g/mol. The number of sulfonamides is 1. The van der Waals surface area contributed by atoms with Crippen molar-refractivity contribution in [1.82, 2.24) is 4.72 Å². The summed E-state index contributed by atoms with van der Waals surface area (Å²) in [7, 11) is -2.65. The largest absolute Gasteiger partial charge is 0.391 e. The molecule has 0 radical (unpaired) electrons. The summed E-state index contributed by atoms with van der Waals surface area (Å²) in [5, 5.41) is 8.92. The molecule has 1 aliphatic rings. The minimum Gasteiger partial charge on any atom is -0.391 e. The van der Waals surface area contributed by atoms with Crippen LogP contribution >= 0.6 is 0 Å². The Kier molecular flexibility index (Phi) is 4.62. The van der Waals surface area contributed by atoms with Crippen LogP contribution in [0.15, 0.2) is 17.0 Å². The lowest BCUT2D eigenvalue weighted by atomic mass is 9.80. The van der Waals surface area contributed by atoms with Crippen LogP contribution in [0.25, 0.3) is 0 Å². The van der Waals surface area contributed by atoms with Gasteiger partial charge in [0.15, 0.2) is 5.82 Å². The van der Waals surface area contributed by atoms with Gasteiger partial charge in [-0.2, -0.15) is 0 Å². The number of nitrogens with one attached hydrogen (secondary N) is 1. The highest BCUT2D eigenvalue weighted by atomic mass is 32.2. The first-order chi connectivity index (χ1) is 9.85. The molecule has 0 heterocycles. The van der Waals surface area contributed by atoms with Gasteiger partial charge in [0.1, 0.15) is 10.7 Å². The zero-order chi connectivity index (χ0) is 15.7. The predicted octanol–water partition coefficient (Wildman–Crippen LogP) is 1.30. The minimum absolute atomic E-state index is 0.0249. The molecule has 1 fully saturated rings. The van der Waals surface area contributed by atoms with Crippen LogP contribution in [0.2, 0.25) is 0 Å². The number of hydrogen-bond donors (Lipinski definition) is 2. The standard InChI is InChI=1S/C13H17F2NO4S/c1-20-13(5-2-6-13)8-16-21(18,19)11-4-3-10(14)9(7-17)12(11)15/h3-4,16-17H,2,5-8H2,1H3. The Morgan fingerprint density at radius 2 is 2.05 bits per heavy atom. The van der Waals surface area contributed by atoms with Gasteiger partial charge >= 0.3 is 0 Å². The van der Waals surface area contributed by atoms with E-state index >= 15 is 0 Å². The summed E-state index contributed by atoms with van der Waals surface area (Å²) < 4.78 is 59.1. The third-order valence-electron chi connectivity index (χ3n) is 3.88. The minimum atomic E-state index is -4.14. The highest BCUT2D eigenvalue weighted by molar-refractivity contribution is 7.89. The predicted molar refractivity (Wildman–Crippen MR) is 71.1 cm³/mol. The number of methoxy groups -OCH3 is 1. The Bertz CT molecular complexity index is 624. The molecule has 0 saturated heterocycles. The van der Waals surface area contributed by atoms with Crippen LogP contribution in [0.4, 0.5) is 8.78 Å². The molecule has 118 valence electrons. The molecule has 0 aromatic heterocycles. The Labute approximate surface area is 122 Å². The maximum atomic E-state index is 14.0. The molecule has 2 rings (SSSR count). The van der Waals surface area contributed by atoms with Crippen LogP contribution in [0.5, 0.6) is 0 Å². The molecule has 0 amide bonds. The summed E-state index contributed by atoms with van der Waals surface area (Å²) in [6.07, 6.45) is 2.38. The zero-order valence-electron chi connectivity index (χ0n) is 11.5. The van der Waals surface area contributed by atoms with E-state index in [0.29, 0.717) is 0 Å². The molecule has 5 nitrogen and oxygen atoms in total. The lowest BCUT2D eigenvalue weighted by molar-refractivity contribution is -0.0659. The molecule has 0 spiro atoms. The van der Waals surface area contributed by atoms with Crippen LogP contribution in [0.1, 0.15) is 24.8 Å². The first-order valence-corrected chi connectivity index (χ1v) is 7.96. The van der Waals surface area contributed by atoms with E-state index in [1.54, 1.807) is 0 Å². The lowest BCUT2D eigenvalue weighted by Crippen LogP contribution is -2.49. The second kappa shape index (κ2) is 5.96. The van der Waals surface area contributed by atoms with Gasteiger partial charge in [-0.1, -0.05) is 0 Å². The first-order valence-electron chi connectivity index (χ1n) is 6.48. The summed E-state index contributed by atoms with van der Waals surface area (Å²) in [4.78, 5) is -0.682. The second-order valence-electron chi connectivity index (χ2n) is 5.06. The van der Waals surface area contributed by atoms with Gasteiger partial charge in [-0.25, -0.2) is 21.9 Å². The van der Waals surface area contributed by atoms with E-state index < -0.39 is 44.3 Å². The van der Waals surface area contributed by atoms with E-state index in [2.05, 4.69) is 4.72 Å². The Morgan fingerprint density at radius 3 is 2.52 bits per heavy atom. The fraction of sp³-hybridized carbons (Fsp3) is 0.538. The van der Waals surface area contributed by atoms with Crippen LogP contribution in [-0.4, -0.2) is 32.8 Å². The van der Waals surface area contributed by atoms with Gasteiger partial charge in [0.25, 0.3) is 0 Å². The summed E-state index contributed by atoms with van der Waals surface area (Å²) in [6, 6.07) is 1.66. The van der Waals surface area contributed by atoms with E-state index in [4.69, 9.17) is 9.84 Å². The molecule has 21 heavy (non-hydrogen) atoms. The summed E-state index contributed by atoms with van der Waals surface area (Å²) >= 11 is 0. The van der Waals surface area contributed by atoms with Gasteiger partial charge in [-0.15, -0.1) is 0 Å².